The number of para-hydroxylation sites is 1. The number of pyridine rings is 1. The predicted molar refractivity (Wildman–Crippen MR) is 74.2 cm³/mol. The molecule has 7 heteroatoms. The first-order chi connectivity index (χ1) is 10.1. The van der Waals surface area contributed by atoms with Gasteiger partial charge in [0.2, 0.25) is 5.91 Å². The van der Waals surface area contributed by atoms with Crippen LogP contribution in [0.1, 0.15) is 11.5 Å². The molecule has 1 aromatic heterocycles. The van der Waals surface area contributed by atoms with Gasteiger partial charge in [0, 0.05) is 18.0 Å². The zero-order valence-corrected chi connectivity index (χ0v) is 11.7. The number of carbonyl (C=O) groups is 1. The van der Waals surface area contributed by atoms with Crippen LogP contribution < -0.4 is 9.46 Å². The molecular formula is C14H12N2O4S. The van der Waals surface area contributed by atoms with Crippen molar-refractivity contribution in [3.05, 3.63) is 54.4 Å². The molecule has 1 aromatic carbocycles. The van der Waals surface area contributed by atoms with E-state index >= 15 is 0 Å². The van der Waals surface area contributed by atoms with Gasteiger partial charge in [0.25, 0.3) is 10.0 Å². The minimum atomic E-state index is -3.92. The SMILES string of the molecule is O=C(NS(=O)(=O)c1cccnc1)C1COc2ccccc21. The lowest BCUT2D eigenvalue weighted by Crippen LogP contribution is -2.35. The average molecular weight is 304 g/mol. The number of nitrogens with one attached hydrogen (secondary N) is 1. The molecule has 0 saturated carbocycles. The third kappa shape index (κ3) is 2.59. The zero-order valence-electron chi connectivity index (χ0n) is 10.9. The highest BCUT2D eigenvalue weighted by atomic mass is 32.2. The van der Waals surface area contributed by atoms with Crippen LogP contribution in [0.5, 0.6) is 5.75 Å². The first-order valence-corrected chi connectivity index (χ1v) is 7.75. The summed E-state index contributed by atoms with van der Waals surface area (Å²) in [5.41, 5.74) is 0.691. The van der Waals surface area contributed by atoms with E-state index in [0.717, 1.165) is 0 Å². The van der Waals surface area contributed by atoms with Crippen LogP contribution in [0.25, 0.3) is 0 Å². The number of sulfonamides is 1. The van der Waals surface area contributed by atoms with E-state index in [-0.39, 0.29) is 11.5 Å². The van der Waals surface area contributed by atoms with E-state index in [0.29, 0.717) is 11.3 Å². The van der Waals surface area contributed by atoms with E-state index in [1.54, 1.807) is 24.3 Å². The van der Waals surface area contributed by atoms with Crippen molar-refractivity contribution >= 4 is 15.9 Å². The minimum absolute atomic E-state index is 0.0504. The highest BCUT2D eigenvalue weighted by Gasteiger charge is 2.32. The Morgan fingerprint density at radius 3 is 2.81 bits per heavy atom. The smallest absolute Gasteiger partial charge is 0.265 e. The molecule has 0 aliphatic carbocycles. The second-order valence-corrected chi connectivity index (χ2v) is 6.24. The fourth-order valence-electron chi connectivity index (χ4n) is 2.15. The van der Waals surface area contributed by atoms with Crippen LogP contribution in [0.15, 0.2) is 53.7 Å². The molecule has 0 spiro atoms. The largest absolute Gasteiger partial charge is 0.492 e. The van der Waals surface area contributed by atoms with E-state index in [4.69, 9.17) is 4.74 Å². The van der Waals surface area contributed by atoms with Crippen molar-refractivity contribution in [2.24, 2.45) is 0 Å². The molecule has 0 fully saturated rings. The Labute approximate surface area is 121 Å². The lowest BCUT2D eigenvalue weighted by atomic mass is 10.0. The van der Waals surface area contributed by atoms with Crippen LogP contribution in [0.4, 0.5) is 0 Å². The Balaban J connectivity index is 1.82. The Hall–Kier alpha value is -2.41. The third-order valence-electron chi connectivity index (χ3n) is 3.20. The monoisotopic (exact) mass is 304 g/mol. The van der Waals surface area contributed by atoms with Gasteiger partial charge >= 0.3 is 0 Å². The summed E-state index contributed by atoms with van der Waals surface area (Å²) in [4.78, 5) is 15.9. The summed E-state index contributed by atoms with van der Waals surface area (Å²) in [6.07, 6.45) is 2.65. The van der Waals surface area contributed by atoms with Crippen LogP contribution in [-0.4, -0.2) is 25.9 Å². The van der Waals surface area contributed by atoms with E-state index < -0.39 is 21.8 Å². The number of hydrogen-bond donors (Lipinski definition) is 1. The normalized spacial score (nSPS) is 16.9. The number of nitrogens with zero attached hydrogens (tertiary/aromatic N) is 1. The average Bonchev–Trinajstić information content (AvgIpc) is 2.92. The standard InChI is InChI=1S/C14H12N2O4S/c17-14(12-9-20-13-6-2-1-5-11(12)13)16-21(18,19)10-4-3-7-15-8-10/h1-8,12H,9H2,(H,16,17). The maximum absolute atomic E-state index is 12.2. The number of fused-ring (bicyclic) bond motifs is 1. The molecule has 1 atom stereocenters. The van der Waals surface area contributed by atoms with Gasteiger partial charge in [-0.15, -0.1) is 0 Å². The predicted octanol–water partition coefficient (Wildman–Crippen LogP) is 1.06. The van der Waals surface area contributed by atoms with Crippen LogP contribution in [0.2, 0.25) is 0 Å². The third-order valence-corrected chi connectivity index (χ3v) is 4.53. The molecule has 0 saturated heterocycles. The molecule has 0 radical (unpaired) electrons. The Bertz CT molecular complexity index is 775. The van der Waals surface area contributed by atoms with Crippen molar-refractivity contribution in [2.45, 2.75) is 10.8 Å². The summed E-state index contributed by atoms with van der Waals surface area (Å²) in [5.74, 6) is -0.632. The first kappa shape index (κ1) is 13.6. The highest BCUT2D eigenvalue weighted by Crippen LogP contribution is 2.33. The van der Waals surface area contributed by atoms with Crippen LogP contribution >= 0.6 is 0 Å². The molecule has 3 rings (SSSR count). The van der Waals surface area contributed by atoms with Crippen molar-refractivity contribution in [3.63, 3.8) is 0 Å². The van der Waals surface area contributed by atoms with Gasteiger partial charge in [0.1, 0.15) is 23.2 Å². The lowest BCUT2D eigenvalue weighted by Gasteiger charge is -2.10. The first-order valence-electron chi connectivity index (χ1n) is 6.26. The van der Waals surface area contributed by atoms with Crippen LogP contribution in [0.3, 0.4) is 0 Å². The second kappa shape index (κ2) is 5.17. The number of hydrogen-bond acceptors (Lipinski definition) is 5. The highest BCUT2D eigenvalue weighted by molar-refractivity contribution is 7.90. The summed E-state index contributed by atoms with van der Waals surface area (Å²) in [7, 11) is -3.92. The maximum atomic E-state index is 12.2. The van der Waals surface area contributed by atoms with Gasteiger partial charge in [-0.3, -0.25) is 9.78 Å². The fourth-order valence-corrected chi connectivity index (χ4v) is 3.13. The topological polar surface area (TPSA) is 85.4 Å². The zero-order chi connectivity index (χ0) is 14.9. The summed E-state index contributed by atoms with van der Waals surface area (Å²) >= 11 is 0. The quantitative estimate of drug-likeness (QED) is 0.916. The van der Waals surface area contributed by atoms with Gasteiger partial charge in [-0.1, -0.05) is 18.2 Å². The molecule has 1 amide bonds. The second-order valence-electron chi connectivity index (χ2n) is 4.56. The van der Waals surface area contributed by atoms with Gasteiger partial charge in [0.15, 0.2) is 0 Å². The van der Waals surface area contributed by atoms with E-state index in [9.17, 15) is 13.2 Å². The molecule has 1 N–H and O–H groups in total. The molecule has 108 valence electrons. The molecule has 21 heavy (non-hydrogen) atoms. The lowest BCUT2D eigenvalue weighted by molar-refractivity contribution is -0.120. The molecule has 2 aromatic rings. The minimum Gasteiger partial charge on any atom is -0.492 e. The summed E-state index contributed by atoms with van der Waals surface area (Å²) in [5, 5.41) is 0. The summed E-state index contributed by atoms with van der Waals surface area (Å²) in [6, 6.07) is 9.95. The van der Waals surface area contributed by atoms with Crippen molar-refractivity contribution in [2.75, 3.05) is 6.61 Å². The Kier molecular flexibility index (Phi) is 3.34. The summed E-state index contributed by atoms with van der Waals surface area (Å²) in [6.45, 7) is 0.133. The number of carbonyl (C=O) groups excluding carboxylic acids is 1. The number of aromatic nitrogens is 1. The Morgan fingerprint density at radius 2 is 2.05 bits per heavy atom. The molecule has 1 aliphatic rings. The van der Waals surface area contributed by atoms with Gasteiger partial charge in [-0.25, -0.2) is 13.1 Å². The van der Waals surface area contributed by atoms with Crippen LogP contribution in [0, 0.1) is 0 Å². The number of ether oxygens (including phenoxy) is 1. The van der Waals surface area contributed by atoms with Crippen molar-refractivity contribution in [1.82, 2.24) is 9.71 Å². The number of benzene rings is 1. The van der Waals surface area contributed by atoms with Gasteiger partial charge in [0.05, 0.1) is 0 Å². The van der Waals surface area contributed by atoms with Gasteiger partial charge in [-0.05, 0) is 18.2 Å². The van der Waals surface area contributed by atoms with E-state index in [1.165, 1.54) is 24.5 Å². The van der Waals surface area contributed by atoms with Crippen molar-refractivity contribution < 1.29 is 17.9 Å². The molecular weight excluding hydrogens is 292 g/mol. The summed E-state index contributed by atoms with van der Waals surface area (Å²) < 4.78 is 31.7. The molecule has 2 heterocycles. The molecule has 0 bridgehead atoms. The molecule has 1 unspecified atom stereocenters. The van der Waals surface area contributed by atoms with Gasteiger partial charge < -0.3 is 4.74 Å². The van der Waals surface area contributed by atoms with Crippen molar-refractivity contribution in [1.29, 1.82) is 0 Å². The van der Waals surface area contributed by atoms with E-state index in [2.05, 4.69) is 9.71 Å². The molecule has 6 nitrogen and oxygen atoms in total. The maximum Gasteiger partial charge on any atom is 0.265 e. The fraction of sp³-hybridized carbons (Fsp3) is 0.143. The molecule has 1 aliphatic heterocycles. The van der Waals surface area contributed by atoms with E-state index in [1.807, 2.05) is 0 Å². The van der Waals surface area contributed by atoms with Gasteiger partial charge in [-0.2, -0.15) is 0 Å². The number of amides is 1. The Morgan fingerprint density at radius 1 is 1.24 bits per heavy atom. The number of rotatable bonds is 3. The van der Waals surface area contributed by atoms with Crippen molar-refractivity contribution in [3.8, 4) is 5.75 Å². The van der Waals surface area contributed by atoms with Crippen LogP contribution in [-0.2, 0) is 14.8 Å².